The number of nitrogens with one attached hydrogen (secondary N) is 1. The van der Waals surface area contributed by atoms with Gasteiger partial charge in [0.1, 0.15) is 5.75 Å². The van der Waals surface area contributed by atoms with Crippen molar-refractivity contribution in [2.24, 2.45) is 0 Å². The number of carbonyl (C=O) groups excluding carboxylic acids is 1. The molecule has 0 radical (unpaired) electrons. The molecule has 3 aromatic rings. The molecule has 1 amide bonds. The predicted molar refractivity (Wildman–Crippen MR) is 88.0 cm³/mol. The fourth-order valence-electron chi connectivity index (χ4n) is 2.10. The summed E-state index contributed by atoms with van der Waals surface area (Å²) in [6.45, 7) is 3.94. The van der Waals surface area contributed by atoms with Crippen molar-refractivity contribution in [2.75, 3.05) is 11.9 Å². The van der Waals surface area contributed by atoms with Gasteiger partial charge < -0.3 is 4.74 Å². The molecule has 0 aliphatic heterocycles. The van der Waals surface area contributed by atoms with Gasteiger partial charge in [-0.25, -0.2) is 0 Å². The quantitative estimate of drug-likeness (QED) is 0.750. The summed E-state index contributed by atoms with van der Waals surface area (Å²) in [5, 5.41) is 15.7. The average molecular weight is 331 g/mol. The highest BCUT2D eigenvalue weighted by atomic mass is 32.1. The van der Waals surface area contributed by atoms with Crippen LogP contribution in [0.5, 0.6) is 5.75 Å². The summed E-state index contributed by atoms with van der Waals surface area (Å²) in [5.41, 5.74) is 0.989. The minimum atomic E-state index is -0.254. The van der Waals surface area contributed by atoms with Gasteiger partial charge in [0.2, 0.25) is 10.1 Å². The molecule has 0 fully saturated rings. The van der Waals surface area contributed by atoms with Gasteiger partial charge in [-0.1, -0.05) is 36.5 Å². The van der Waals surface area contributed by atoms with Gasteiger partial charge in [-0.05, 0) is 25.0 Å². The van der Waals surface area contributed by atoms with Crippen LogP contribution in [0, 0.1) is 6.92 Å². The van der Waals surface area contributed by atoms with Crippen LogP contribution in [0.15, 0.2) is 24.3 Å². The third-order valence-corrected chi connectivity index (χ3v) is 4.04. The fourth-order valence-corrected chi connectivity index (χ4v) is 2.88. The van der Waals surface area contributed by atoms with E-state index in [1.54, 1.807) is 4.52 Å². The SMILES string of the molecule is CCCc1nnc2sc(NC(=O)COc3ccccc3C)nn12. The van der Waals surface area contributed by atoms with Crippen LogP contribution in [0.1, 0.15) is 24.7 Å². The Morgan fingerprint density at radius 3 is 2.96 bits per heavy atom. The number of aryl methyl sites for hydroxylation is 2. The smallest absolute Gasteiger partial charge is 0.264 e. The number of rotatable bonds is 6. The van der Waals surface area contributed by atoms with Crippen LogP contribution in [-0.4, -0.2) is 32.3 Å². The Kier molecular flexibility index (Phi) is 4.52. The zero-order valence-corrected chi connectivity index (χ0v) is 13.8. The Hall–Kier alpha value is -2.48. The van der Waals surface area contributed by atoms with Gasteiger partial charge >= 0.3 is 0 Å². The van der Waals surface area contributed by atoms with Gasteiger partial charge in [0.25, 0.3) is 5.91 Å². The number of hydrogen-bond acceptors (Lipinski definition) is 6. The second kappa shape index (κ2) is 6.74. The standard InChI is InChI=1S/C15H17N5O2S/c1-3-6-12-17-18-15-20(12)19-14(23-15)16-13(21)9-22-11-8-5-4-7-10(11)2/h4-5,7-8H,3,6,9H2,1-2H3,(H,16,19,21). The summed E-state index contributed by atoms with van der Waals surface area (Å²) in [5.74, 6) is 1.25. The van der Waals surface area contributed by atoms with Crippen LogP contribution in [0.4, 0.5) is 5.13 Å². The van der Waals surface area contributed by atoms with Gasteiger partial charge in [-0.3, -0.25) is 10.1 Å². The molecule has 7 nitrogen and oxygen atoms in total. The van der Waals surface area contributed by atoms with E-state index in [0.717, 1.165) is 24.2 Å². The molecule has 0 aliphatic carbocycles. The first-order chi connectivity index (χ1) is 11.2. The highest BCUT2D eigenvalue weighted by Gasteiger charge is 2.13. The molecule has 23 heavy (non-hydrogen) atoms. The van der Waals surface area contributed by atoms with Gasteiger partial charge in [-0.15, -0.1) is 15.3 Å². The second-order valence-electron chi connectivity index (χ2n) is 5.07. The molecule has 2 heterocycles. The molecule has 3 rings (SSSR count). The van der Waals surface area contributed by atoms with E-state index >= 15 is 0 Å². The van der Waals surface area contributed by atoms with Gasteiger partial charge in [-0.2, -0.15) is 4.52 Å². The average Bonchev–Trinajstić information content (AvgIpc) is 3.08. The van der Waals surface area contributed by atoms with E-state index in [4.69, 9.17) is 4.74 Å². The molecule has 8 heteroatoms. The highest BCUT2D eigenvalue weighted by Crippen LogP contribution is 2.20. The summed E-state index contributed by atoms with van der Waals surface area (Å²) in [6, 6.07) is 7.57. The van der Waals surface area contributed by atoms with Gasteiger partial charge in [0.15, 0.2) is 12.4 Å². The Morgan fingerprint density at radius 1 is 1.35 bits per heavy atom. The highest BCUT2D eigenvalue weighted by molar-refractivity contribution is 7.20. The number of ether oxygens (including phenoxy) is 1. The Labute approximate surface area is 137 Å². The number of benzene rings is 1. The lowest BCUT2D eigenvalue weighted by Crippen LogP contribution is -2.20. The normalized spacial score (nSPS) is 10.9. The number of aromatic nitrogens is 4. The molecule has 1 N–H and O–H groups in total. The van der Waals surface area contributed by atoms with E-state index < -0.39 is 0 Å². The number of amides is 1. The van der Waals surface area contributed by atoms with Crippen LogP contribution < -0.4 is 10.1 Å². The van der Waals surface area contributed by atoms with Crippen LogP contribution in [0.25, 0.3) is 4.96 Å². The maximum atomic E-state index is 12.0. The monoisotopic (exact) mass is 331 g/mol. The van der Waals surface area contributed by atoms with Crippen molar-refractivity contribution in [3.63, 3.8) is 0 Å². The number of anilines is 1. The van der Waals surface area contributed by atoms with Crippen molar-refractivity contribution in [2.45, 2.75) is 26.7 Å². The lowest BCUT2D eigenvalue weighted by atomic mass is 10.2. The van der Waals surface area contributed by atoms with Crippen molar-refractivity contribution in [3.05, 3.63) is 35.7 Å². The van der Waals surface area contributed by atoms with Crippen molar-refractivity contribution < 1.29 is 9.53 Å². The first-order valence-electron chi connectivity index (χ1n) is 7.36. The fraction of sp³-hybridized carbons (Fsp3) is 0.333. The van der Waals surface area contributed by atoms with E-state index in [2.05, 4.69) is 27.5 Å². The van der Waals surface area contributed by atoms with Crippen LogP contribution in [0.3, 0.4) is 0 Å². The number of nitrogens with zero attached hydrogens (tertiary/aromatic N) is 4. The van der Waals surface area contributed by atoms with E-state index in [9.17, 15) is 4.79 Å². The van der Waals surface area contributed by atoms with E-state index in [1.807, 2.05) is 31.2 Å². The minimum absolute atomic E-state index is 0.0627. The minimum Gasteiger partial charge on any atom is -0.483 e. The van der Waals surface area contributed by atoms with Crippen molar-refractivity contribution in [3.8, 4) is 5.75 Å². The molecule has 0 saturated heterocycles. The lowest BCUT2D eigenvalue weighted by Gasteiger charge is -2.07. The molecular formula is C15H17N5O2S. The first kappa shape index (κ1) is 15.4. The molecule has 120 valence electrons. The Balaban J connectivity index is 1.62. The van der Waals surface area contributed by atoms with E-state index in [1.165, 1.54) is 11.3 Å². The van der Waals surface area contributed by atoms with Gasteiger partial charge in [0, 0.05) is 6.42 Å². The third kappa shape index (κ3) is 3.48. The van der Waals surface area contributed by atoms with Crippen molar-refractivity contribution >= 4 is 27.3 Å². The lowest BCUT2D eigenvalue weighted by molar-refractivity contribution is -0.118. The summed E-state index contributed by atoms with van der Waals surface area (Å²) in [7, 11) is 0. The third-order valence-electron chi connectivity index (χ3n) is 3.23. The molecule has 0 spiro atoms. The van der Waals surface area contributed by atoms with Crippen molar-refractivity contribution in [1.29, 1.82) is 0 Å². The zero-order chi connectivity index (χ0) is 16.2. The maximum absolute atomic E-state index is 12.0. The Morgan fingerprint density at radius 2 is 2.17 bits per heavy atom. The summed E-state index contributed by atoms with van der Waals surface area (Å²) in [4.78, 5) is 12.7. The van der Waals surface area contributed by atoms with E-state index in [0.29, 0.717) is 15.8 Å². The topological polar surface area (TPSA) is 81.4 Å². The number of carbonyl (C=O) groups is 1. The van der Waals surface area contributed by atoms with E-state index in [-0.39, 0.29) is 12.5 Å². The van der Waals surface area contributed by atoms with Gasteiger partial charge in [0.05, 0.1) is 0 Å². The molecule has 0 atom stereocenters. The maximum Gasteiger partial charge on any atom is 0.264 e. The molecule has 2 aromatic heterocycles. The first-order valence-corrected chi connectivity index (χ1v) is 8.18. The molecule has 1 aromatic carbocycles. The number of fused-ring (bicyclic) bond motifs is 1. The molecule has 0 saturated carbocycles. The molecule has 0 unspecified atom stereocenters. The number of hydrogen-bond donors (Lipinski definition) is 1. The molecule has 0 bridgehead atoms. The molecular weight excluding hydrogens is 314 g/mol. The number of para-hydroxylation sites is 1. The van der Waals surface area contributed by atoms with Crippen LogP contribution in [-0.2, 0) is 11.2 Å². The summed E-state index contributed by atoms with van der Waals surface area (Å²) < 4.78 is 7.19. The van der Waals surface area contributed by atoms with Crippen molar-refractivity contribution in [1.82, 2.24) is 19.8 Å². The van der Waals surface area contributed by atoms with Crippen LogP contribution in [0.2, 0.25) is 0 Å². The largest absolute Gasteiger partial charge is 0.483 e. The summed E-state index contributed by atoms with van der Waals surface area (Å²) in [6.07, 6.45) is 1.76. The second-order valence-corrected chi connectivity index (χ2v) is 6.03. The summed E-state index contributed by atoms with van der Waals surface area (Å²) >= 11 is 1.29. The Bertz CT molecular complexity index is 826. The molecule has 0 aliphatic rings. The zero-order valence-electron chi connectivity index (χ0n) is 12.9. The van der Waals surface area contributed by atoms with Crippen LogP contribution >= 0.6 is 11.3 Å². The predicted octanol–water partition coefficient (Wildman–Crippen LogP) is 2.46.